The SMILES string of the molecule is Brc1cnc2c(NCc3csnn3)cccc2c1. The van der Waals surface area contributed by atoms with Crippen molar-refractivity contribution in [3.8, 4) is 0 Å². The zero-order valence-electron chi connectivity index (χ0n) is 9.30. The molecule has 3 rings (SSSR count). The summed E-state index contributed by atoms with van der Waals surface area (Å²) in [6.07, 6.45) is 1.80. The number of rotatable bonds is 3. The van der Waals surface area contributed by atoms with Crippen molar-refractivity contribution in [2.24, 2.45) is 0 Å². The lowest BCUT2D eigenvalue weighted by Gasteiger charge is -2.07. The van der Waals surface area contributed by atoms with E-state index >= 15 is 0 Å². The van der Waals surface area contributed by atoms with Crippen molar-refractivity contribution >= 4 is 44.1 Å². The summed E-state index contributed by atoms with van der Waals surface area (Å²) in [5.74, 6) is 0. The molecule has 0 amide bonds. The summed E-state index contributed by atoms with van der Waals surface area (Å²) in [5, 5.41) is 10.4. The van der Waals surface area contributed by atoms with Gasteiger partial charge in [-0.15, -0.1) is 5.10 Å². The zero-order chi connectivity index (χ0) is 12.4. The molecule has 0 saturated carbocycles. The number of hydrogen-bond acceptors (Lipinski definition) is 5. The second-order valence-electron chi connectivity index (χ2n) is 3.78. The van der Waals surface area contributed by atoms with Crippen molar-refractivity contribution in [3.63, 3.8) is 0 Å². The monoisotopic (exact) mass is 320 g/mol. The number of nitrogens with zero attached hydrogens (tertiary/aromatic N) is 3. The minimum Gasteiger partial charge on any atom is -0.378 e. The van der Waals surface area contributed by atoms with E-state index in [9.17, 15) is 0 Å². The smallest absolute Gasteiger partial charge is 0.0946 e. The van der Waals surface area contributed by atoms with Gasteiger partial charge in [0.25, 0.3) is 0 Å². The van der Waals surface area contributed by atoms with E-state index in [1.807, 2.05) is 23.6 Å². The molecule has 0 aliphatic rings. The maximum Gasteiger partial charge on any atom is 0.0946 e. The van der Waals surface area contributed by atoms with E-state index in [1.165, 1.54) is 11.5 Å². The zero-order valence-corrected chi connectivity index (χ0v) is 11.7. The number of benzene rings is 1. The molecule has 0 saturated heterocycles. The van der Waals surface area contributed by atoms with E-state index in [2.05, 4.69) is 41.9 Å². The first-order chi connectivity index (χ1) is 8.83. The van der Waals surface area contributed by atoms with Gasteiger partial charge in [-0.3, -0.25) is 4.98 Å². The molecule has 0 radical (unpaired) electrons. The highest BCUT2D eigenvalue weighted by atomic mass is 79.9. The molecule has 0 unspecified atom stereocenters. The molecule has 6 heteroatoms. The van der Waals surface area contributed by atoms with E-state index in [0.29, 0.717) is 6.54 Å². The standard InChI is InChI=1S/C12H9BrN4S/c13-9-4-8-2-1-3-11(12(8)15-5-9)14-6-10-7-18-17-16-10/h1-5,7,14H,6H2. The second-order valence-corrected chi connectivity index (χ2v) is 5.31. The highest BCUT2D eigenvalue weighted by molar-refractivity contribution is 9.10. The second kappa shape index (κ2) is 4.99. The predicted octanol–water partition coefficient (Wildman–Crippen LogP) is 3.46. The molecule has 0 spiro atoms. The average Bonchev–Trinajstić information content (AvgIpc) is 2.89. The van der Waals surface area contributed by atoms with Crippen LogP contribution in [0.1, 0.15) is 5.69 Å². The lowest BCUT2D eigenvalue weighted by Crippen LogP contribution is -2.00. The Balaban J connectivity index is 1.92. The molecule has 1 aromatic carbocycles. The summed E-state index contributed by atoms with van der Waals surface area (Å²) in [5.41, 5.74) is 2.91. The average molecular weight is 321 g/mol. The number of para-hydroxylation sites is 1. The highest BCUT2D eigenvalue weighted by Gasteiger charge is 2.03. The molecule has 0 atom stereocenters. The third-order valence-electron chi connectivity index (χ3n) is 2.54. The molecule has 0 fully saturated rings. The van der Waals surface area contributed by atoms with Gasteiger partial charge >= 0.3 is 0 Å². The predicted molar refractivity (Wildman–Crippen MR) is 76.7 cm³/mol. The van der Waals surface area contributed by atoms with Crippen molar-refractivity contribution in [2.75, 3.05) is 5.32 Å². The van der Waals surface area contributed by atoms with Crippen LogP contribution in [0.5, 0.6) is 0 Å². The Kier molecular flexibility index (Phi) is 3.21. The molecule has 3 aromatic rings. The maximum absolute atomic E-state index is 4.44. The third kappa shape index (κ3) is 2.34. The van der Waals surface area contributed by atoms with Crippen molar-refractivity contribution in [2.45, 2.75) is 6.54 Å². The van der Waals surface area contributed by atoms with E-state index in [4.69, 9.17) is 0 Å². The van der Waals surface area contributed by atoms with E-state index in [0.717, 1.165) is 26.8 Å². The van der Waals surface area contributed by atoms with Crippen LogP contribution in [0.25, 0.3) is 10.9 Å². The van der Waals surface area contributed by atoms with Crippen molar-refractivity contribution < 1.29 is 0 Å². The minimum absolute atomic E-state index is 0.660. The van der Waals surface area contributed by atoms with Crippen LogP contribution in [-0.4, -0.2) is 14.6 Å². The third-order valence-corrected chi connectivity index (χ3v) is 3.53. The lowest BCUT2D eigenvalue weighted by atomic mass is 10.2. The quantitative estimate of drug-likeness (QED) is 0.803. The van der Waals surface area contributed by atoms with Crippen LogP contribution < -0.4 is 5.32 Å². The van der Waals surface area contributed by atoms with Gasteiger partial charge in [-0.05, 0) is 39.6 Å². The molecule has 1 N–H and O–H groups in total. The van der Waals surface area contributed by atoms with Gasteiger partial charge in [0.1, 0.15) is 0 Å². The molecule has 4 nitrogen and oxygen atoms in total. The molecular weight excluding hydrogens is 312 g/mol. The molecule has 2 heterocycles. The summed E-state index contributed by atoms with van der Waals surface area (Å²) in [6.45, 7) is 0.660. The van der Waals surface area contributed by atoms with Gasteiger partial charge in [0.2, 0.25) is 0 Å². The Bertz CT molecular complexity index is 669. The van der Waals surface area contributed by atoms with Gasteiger partial charge in [-0.25, -0.2) is 0 Å². The fraction of sp³-hybridized carbons (Fsp3) is 0.0833. The van der Waals surface area contributed by atoms with Crippen molar-refractivity contribution in [3.05, 3.63) is 46.0 Å². The summed E-state index contributed by atoms with van der Waals surface area (Å²) < 4.78 is 4.82. The fourth-order valence-corrected chi connectivity index (χ4v) is 2.52. The molecule has 0 aliphatic heterocycles. The Labute approximate surface area is 116 Å². The number of nitrogens with one attached hydrogen (secondary N) is 1. The molecular formula is C12H9BrN4S. The summed E-state index contributed by atoms with van der Waals surface area (Å²) in [4.78, 5) is 4.44. The summed E-state index contributed by atoms with van der Waals surface area (Å²) in [6, 6.07) is 8.13. The Morgan fingerprint density at radius 3 is 3.11 bits per heavy atom. The Morgan fingerprint density at radius 2 is 2.28 bits per heavy atom. The first kappa shape index (κ1) is 11.6. The number of pyridine rings is 1. The van der Waals surface area contributed by atoms with Gasteiger partial charge in [-0.2, -0.15) is 0 Å². The minimum atomic E-state index is 0.660. The topological polar surface area (TPSA) is 50.7 Å². The molecule has 0 aliphatic carbocycles. The maximum atomic E-state index is 4.44. The van der Waals surface area contributed by atoms with Gasteiger partial charge in [0, 0.05) is 21.4 Å². The lowest BCUT2D eigenvalue weighted by molar-refractivity contribution is 0.999. The van der Waals surface area contributed by atoms with Crippen LogP contribution in [-0.2, 0) is 6.54 Å². The fourth-order valence-electron chi connectivity index (χ4n) is 1.72. The number of halogens is 1. The van der Waals surface area contributed by atoms with Crippen LogP contribution >= 0.6 is 27.5 Å². The van der Waals surface area contributed by atoms with Crippen LogP contribution in [0.3, 0.4) is 0 Å². The molecule has 2 aromatic heterocycles. The van der Waals surface area contributed by atoms with Crippen LogP contribution in [0, 0.1) is 0 Å². The van der Waals surface area contributed by atoms with Gasteiger partial charge in [0.15, 0.2) is 0 Å². The molecule has 90 valence electrons. The number of hydrogen-bond donors (Lipinski definition) is 1. The Morgan fingerprint density at radius 1 is 1.33 bits per heavy atom. The van der Waals surface area contributed by atoms with Crippen molar-refractivity contribution in [1.29, 1.82) is 0 Å². The Hall–Kier alpha value is -1.53. The van der Waals surface area contributed by atoms with E-state index in [1.54, 1.807) is 6.20 Å². The van der Waals surface area contributed by atoms with Crippen molar-refractivity contribution in [1.82, 2.24) is 14.6 Å². The largest absolute Gasteiger partial charge is 0.378 e. The van der Waals surface area contributed by atoms with E-state index < -0.39 is 0 Å². The van der Waals surface area contributed by atoms with Gasteiger partial charge < -0.3 is 5.32 Å². The highest BCUT2D eigenvalue weighted by Crippen LogP contribution is 2.24. The first-order valence-corrected chi connectivity index (χ1v) is 7.00. The van der Waals surface area contributed by atoms with Crippen LogP contribution in [0.4, 0.5) is 5.69 Å². The molecule has 18 heavy (non-hydrogen) atoms. The number of anilines is 1. The number of aromatic nitrogens is 3. The van der Waals surface area contributed by atoms with Crippen LogP contribution in [0.15, 0.2) is 40.3 Å². The number of fused-ring (bicyclic) bond motifs is 1. The van der Waals surface area contributed by atoms with Crippen LogP contribution in [0.2, 0.25) is 0 Å². The first-order valence-electron chi connectivity index (χ1n) is 5.37. The summed E-state index contributed by atoms with van der Waals surface area (Å²) >= 11 is 4.79. The molecule has 0 bridgehead atoms. The van der Waals surface area contributed by atoms with E-state index in [-0.39, 0.29) is 0 Å². The summed E-state index contributed by atoms with van der Waals surface area (Å²) in [7, 11) is 0. The normalized spacial score (nSPS) is 10.7. The van der Waals surface area contributed by atoms with Gasteiger partial charge in [-0.1, -0.05) is 16.6 Å². The van der Waals surface area contributed by atoms with Gasteiger partial charge in [0.05, 0.1) is 23.4 Å².